The van der Waals surface area contributed by atoms with E-state index in [9.17, 15) is 4.79 Å². The molecule has 33 heavy (non-hydrogen) atoms. The summed E-state index contributed by atoms with van der Waals surface area (Å²) >= 11 is 3.57. The average molecular weight is 512 g/mol. The van der Waals surface area contributed by atoms with Gasteiger partial charge in [0, 0.05) is 41.3 Å². The van der Waals surface area contributed by atoms with Crippen LogP contribution in [0.4, 0.5) is 0 Å². The van der Waals surface area contributed by atoms with E-state index in [0.29, 0.717) is 0 Å². The third-order valence-corrected chi connectivity index (χ3v) is 8.16. The lowest BCUT2D eigenvalue weighted by Crippen LogP contribution is -2.47. The summed E-state index contributed by atoms with van der Waals surface area (Å²) in [6.45, 7) is 3.43. The van der Waals surface area contributed by atoms with Gasteiger partial charge in [0.2, 0.25) is 5.91 Å². The fourth-order valence-electron chi connectivity index (χ4n) is 5.85. The highest BCUT2D eigenvalue weighted by atomic mass is 79.9. The van der Waals surface area contributed by atoms with Gasteiger partial charge in [-0.3, -0.25) is 4.79 Å². The molecule has 3 aliphatic rings. The molecule has 1 saturated heterocycles. The summed E-state index contributed by atoms with van der Waals surface area (Å²) in [5, 5.41) is 3.40. The van der Waals surface area contributed by atoms with E-state index in [2.05, 4.69) is 26.1 Å². The first-order valence-corrected chi connectivity index (χ1v) is 13.6. The zero-order valence-corrected chi connectivity index (χ0v) is 21.0. The van der Waals surface area contributed by atoms with Gasteiger partial charge in [-0.15, -0.1) is 0 Å². The Bertz CT molecular complexity index is 962. The Labute approximate surface area is 206 Å². The van der Waals surface area contributed by atoms with Crippen molar-refractivity contribution in [3.05, 3.63) is 58.1 Å². The molecule has 1 N–H and O–H groups in total. The number of fused-ring (bicyclic) bond motifs is 2. The van der Waals surface area contributed by atoms with Crippen LogP contribution in [0.3, 0.4) is 0 Å². The number of hydrogen-bond acceptors (Lipinski definition) is 3. The number of carbonyl (C=O) groups excluding carboxylic acids is 1. The molecule has 0 aromatic heterocycles. The van der Waals surface area contributed by atoms with Crippen molar-refractivity contribution in [2.75, 3.05) is 19.6 Å². The van der Waals surface area contributed by atoms with E-state index in [1.807, 2.05) is 42.5 Å². The number of benzene rings is 2. The fraction of sp³-hybridized carbons (Fsp3) is 0.536. The number of piperidine rings is 1. The van der Waals surface area contributed by atoms with Crippen LogP contribution in [0.2, 0.25) is 0 Å². The van der Waals surface area contributed by atoms with Gasteiger partial charge in [0.25, 0.3) is 0 Å². The molecule has 1 unspecified atom stereocenters. The standard InChI is InChI=1S/C28H35BrN2O2/c29-21-12-13-26-24(18-21)27(23-10-6-7-11-25(23)33-26)28(32)30-22-14-16-31(17-15-22)19-20-8-4-2-1-3-5-9-20/h6-7,10-13,18,20,22,27H,1-5,8-9,14-17,19H2,(H,30,32). The third-order valence-electron chi connectivity index (χ3n) is 7.67. The summed E-state index contributed by atoms with van der Waals surface area (Å²) in [4.78, 5) is 16.2. The molecule has 2 aliphatic heterocycles. The van der Waals surface area contributed by atoms with Crippen molar-refractivity contribution in [2.45, 2.75) is 69.7 Å². The van der Waals surface area contributed by atoms with E-state index in [1.54, 1.807) is 0 Å². The van der Waals surface area contributed by atoms with E-state index in [-0.39, 0.29) is 17.9 Å². The maximum absolute atomic E-state index is 13.6. The van der Waals surface area contributed by atoms with Gasteiger partial charge in [-0.25, -0.2) is 0 Å². The number of amides is 1. The normalized spacial score (nSPS) is 22.4. The van der Waals surface area contributed by atoms with Crippen LogP contribution in [0.5, 0.6) is 11.5 Å². The van der Waals surface area contributed by atoms with Crippen LogP contribution in [-0.4, -0.2) is 36.5 Å². The Hall–Kier alpha value is -1.85. The Morgan fingerprint density at radius 2 is 1.61 bits per heavy atom. The zero-order valence-electron chi connectivity index (χ0n) is 19.4. The van der Waals surface area contributed by atoms with Crippen LogP contribution in [-0.2, 0) is 4.79 Å². The lowest BCUT2D eigenvalue weighted by atomic mass is 9.86. The minimum atomic E-state index is -0.338. The molecule has 0 radical (unpaired) electrons. The van der Waals surface area contributed by atoms with Crippen molar-refractivity contribution < 1.29 is 9.53 Å². The Balaban J connectivity index is 1.22. The number of nitrogens with one attached hydrogen (secondary N) is 1. The van der Waals surface area contributed by atoms with Crippen LogP contribution in [0.1, 0.15) is 74.8 Å². The number of hydrogen-bond donors (Lipinski definition) is 1. The highest BCUT2D eigenvalue weighted by Gasteiger charge is 2.34. The summed E-state index contributed by atoms with van der Waals surface area (Å²) in [5.74, 6) is 2.16. The van der Waals surface area contributed by atoms with Crippen LogP contribution in [0.15, 0.2) is 46.9 Å². The quantitative estimate of drug-likeness (QED) is 0.501. The third kappa shape index (κ3) is 5.46. The van der Waals surface area contributed by atoms with E-state index in [0.717, 1.165) is 58.9 Å². The molecular formula is C28H35BrN2O2. The molecule has 0 bridgehead atoms. The Morgan fingerprint density at radius 1 is 0.909 bits per heavy atom. The molecule has 4 nitrogen and oxygen atoms in total. The first-order valence-electron chi connectivity index (χ1n) is 12.8. The molecule has 2 aromatic carbocycles. The van der Waals surface area contributed by atoms with Gasteiger partial charge in [0.05, 0.1) is 5.92 Å². The van der Waals surface area contributed by atoms with Crippen molar-refractivity contribution in [1.29, 1.82) is 0 Å². The second-order valence-electron chi connectivity index (χ2n) is 10.0. The molecule has 5 heteroatoms. The number of nitrogens with zero attached hydrogens (tertiary/aromatic N) is 1. The van der Waals surface area contributed by atoms with Crippen LogP contribution in [0.25, 0.3) is 0 Å². The second-order valence-corrected chi connectivity index (χ2v) is 11.0. The van der Waals surface area contributed by atoms with Gasteiger partial charge in [-0.05, 0) is 55.9 Å². The second kappa shape index (κ2) is 10.6. The van der Waals surface area contributed by atoms with Crippen LogP contribution in [0, 0.1) is 5.92 Å². The topological polar surface area (TPSA) is 41.6 Å². The summed E-state index contributed by atoms with van der Waals surface area (Å²) in [7, 11) is 0. The average Bonchev–Trinajstić information content (AvgIpc) is 2.80. The number of para-hydroxylation sites is 1. The van der Waals surface area contributed by atoms with Gasteiger partial charge in [-0.2, -0.15) is 0 Å². The van der Waals surface area contributed by atoms with E-state index < -0.39 is 0 Å². The Morgan fingerprint density at radius 3 is 2.39 bits per heavy atom. The largest absolute Gasteiger partial charge is 0.457 e. The van der Waals surface area contributed by atoms with Crippen molar-refractivity contribution >= 4 is 21.8 Å². The van der Waals surface area contributed by atoms with Gasteiger partial charge in [0.15, 0.2) is 0 Å². The number of carbonyl (C=O) groups is 1. The predicted octanol–water partition coefficient (Wildman–Crippen LogP) is 6.63. The van der Waals surface area contributed by atoms with Crippen molar-refractivity contribution in [3.63, 3.8) is 0 Å². The molecule has 5 rings (SSSR count). The molecule has 2 fully saturated rings. The van der Waals surface area contributed by atoms with Gasteiger partial charge in [0.1, 0.15) is 11.5 Å². The fourth-order valence-corrected chi connectivity index (χ4v) is 6.23. The molecule has 2 aromatic rings. The number of halogens is 1. The van der Waals surface area contributed by atoms with Crippen molar-refractivity contribution in [1.82, 2.24) is 10.2 Å². The Kier molecular flexibility index (Phi) is 7.37. The minimum Gasteiger partial charge on any atom is -0.457 e. The van der Waals surface area contributed by atoms with E-state index >= 15 is 0 Å². The van der Waals surface area contributed by atoms with Gasteiger partial charge in [-0.1, -0.05) is 66.2 Å². The summed E-state index contributed by atoms with van der Waals surface area (Å²) in [6.07, 6.45) is 11.9. The molecule has 1 aliphatic carbocycles. The first-order chi connectivity index (χ1) is 16.2. The van der Waals surface area contributed by atoms with Crippen LogP contribution >= 0.6 is 15.9 Å². The highest BCUT2D eigenvalue weighted by molar-refractivity contribution is 9.10. The monoisotopic (exact) mass is 510 g/mol. The molecule has 1 saturated carbocycles. The summed E-state index contributed by atoms with van der Waals surface area (Å²) in [6, 6.07) is 14.1. The number of rotatable bonds is 4. The van der Waals surface area contributed by atoms with Crippen molar-refractivity contribution in [3.8, 4) is 11.5 Å². The number of ether oxygens (including phenoxy) is 1. The molecule has 2 heterocycles. The SMILES string of the molecule is O=C(NC1CCN(CC2CCCCCCC2)CC1)C1c2ccccc2Oc2ccc(Br)cc21. The zero-order chi connectivity index (χ0) is 22.6. The minimum absolute atomic E-state index is 0.0866. The lowest BCUT2D eigenvalue weighted by Gasteiger charge is -2.36. The number of likely N-dealkylation sites (tertiary alicyclic amines) is 1. The predicted molar refractivity (Wildman–Crippen MR) is 136 cm³/mol. The van der Waals surface area contributed by atoms with E-state index in [4.69, 9.17) is 4.74 Å². The maximum atomic E-state index is 13.6. The first kappa shape index (κ1) is 22.9. The van der Waals surface area contributed by atoms with Crippen LogP contribution < -0.4 is 10.1 Å². The molecule has 0 spiro atoms. The molecule has 1 amide bonds. The molecular weight excluding hydrogens is 476 g/mol. The van der Waals surface area contributed by atoms with Gasteiger partial charge >= 0.3 is 0 Å². The van der Waals surface area contributed by atoms with Gasteiger partial charge < -0.3 is 15.0 Å². The maximum Gasteiger partial charge on any atom is 0.232 e. The molecule has 176 valence electrons. The lowest BCUT2D eigenvalue weighted by molar-refractivity contribution is -0.122. The highest BCUT2D eigenvalue weighted by Crippen LogP contribution is 2.45. The summed E-state index contributed by atoms with van der Waals surface area (Å²) < 4.78 is 7.06. The van der Waals surface area contributed by atoms with E-state index in [1.165, 1.54) is 51.5 Å². The van der Waals surface area contributed by atoms with Crippen molar-refractivity contribution in [2.24, 2.45) is 5.92 Å². The molecule has 1 atom stereocenters. The summed E-state index contributed by atoms with van der Waals surface area (Å²) in [5.41, 5.74) is 1.88. The smallest absolute Gasteiger partial charge is 0.232 e.